The third kappa shape index (κ3) is 3.26. The molecule has 0 aromatic heterocycles. The summed E-state index contributed by atoms with van der Waals surface area (Å²) in [5.41, 5.74) is 1.49. The lowest BCUT2D eigenvalue weighted by Gasteiger charge is -1.95. The third-order valence-corrected chi connectivity index (χ3v) is 2.59. The van der Waals surface area contributed by atoms with E-state index in [1.807, 2.05) is 0 Å². The van der Waals surface area contributed by atoms with Crippen molar-refractivity contribution < 1.29 is 9.85 Å². The summed E-state index contributed by atoms with van der Waals surface area (Å²) in [4.78, 5) is 20.1. The molecule has 2 aromatic rings. The van der Waals surface area contributed by atoms with E-state index in [0.29, 0.717) is 5.56 Å². The molecule has 0 spiro atoms. The number of rotatable bonds is 4. The molecule has 0 aliphatic carbocycles. The van der Waals surface area contributed by atoms with Gasteiger partial charge < -0.3 is 0 Å². The maximum atomic E-state index is 10.5. The zero-order chi connectivity index (χ0) is 14.5. The third-order valence-electron chi connectivity index (χ3n) is 2.59. The van der Waals surface area contributed by atoms with E-state index in [0.717, 1.165) is 5.56 Å². The van der Waals surface area contributed by atoms with Crippen LogP contribution in [0.15, 0.2) is 48.5 Å². The van der Waals surface area contributed by atoms with E-state index in [1.54, 1.807) is 30.3 Å². The second kappa shape index (κ2) is 5.75. The number of benzene rings is 2. The molecule has 20 heavy (non-hydrogen) atoms. The molecule has 0 heterocycles. The largest absolute Gasteiger partial charge is 0.269 e. The highest BCUT2D eigenvalue weighted by atomic mass is 16.6. The van der Waals surface area contributed by atoms with Crippen molar-refractivity contribution in [1.29, 1.82) is 0 Å². The van der Waals surface area contributed by atoms with E-state index in [2.05, 4.69) is 6.08 Å². The van der Waals surface area contributed by atoms with Crippen LogP contribution >= 0.6 is 0 Å². The molecule has 99 valence electrons. The van der Waals surface area contributed by atoms with Crippen LogP contribution in [0.2, 0.25) is 0 Å². The minimum atomic E-state index is -0.468. The molecule has 0 fully saturated rings. The van der Waals surface area contributed by atoms with Gasteiger partial charge in [-0.15, -0.1) is 0 Å². The molecule has 0 unspecified atom stereocenters. The predicted molar refractivity (Wildman–Crippen MR) is 73.0 cm³/mol. The molecule has 0 aliphatic rings. The summed E-state index contributed by atoms with van der Waals surface area (Å²) in [5.74, 6) is 0. The normalized spacial score (nSPS) is 10.6. The lowest BCUT2D eigenvalue weighted by atomic mass is 10.1. The Bertz CT molecular complexity index is 601. The maximum absolute atomic E-state index is 10.5. The van der Waals surface area contributed by atoms with Gasteiger partial charge in [-0.2, -0.15) is 0 Å². The van der Waals surface area contributed by atoms with Gasteiger partial charge in [0.25, 0.3) is 11.4 Å². The molecule has 2 rings (SSSR count). The van der Waals surface area contributed by atoms with Crippen molar-refractivity contribution in [2.45, 2.75) is 0 Å². The number of hydrogen-bond donors (Lipinski definition) is 0. The lowest BCUT2D eigenvalue weighted by Crippen LogP contribution is -1.87. The highest BCUT2D eigenvalue weighted by Gasteiger charge is 2.03. The van der Waals surface area contributed by atoms with Crippen molar-refractivity contribution in [1.82, 2.24) is 0 Å². The fourth-order valence-electron chi connectivity index (χ4n) is 1.54. The van der Waals surface area contributed by atoms with Crippen LogP contribution in [0.5, 0.6) is 0 Å². The lowest BCUT2D eigenvalue weighted by molar-refractivity contribution is -0.385. The van der Waals surface area contributed by atoms with Crippen molar-refractivity contribution in [2.75, 3.05) is 0 Å². The second-order valence-corrected chi connectivity index (χ2v) is 3.94. The summed E-state index contributed by atoms with van der Waals surface area (Å²) < 4.78 is 0. The first kappa shape index (κ1) is 13.4. The average Bonchev–Trinajstić information content (AvgIpc) is 2.46. The second-order valence-electron chi connectivity index (χ2n) is 3.94. The van der Waals surface area contributed by atoms with Crippen LogP contribution in [-0.2, 0) is 0 Å². The van der Waals surface area contributed by atoms with E-state index in [9.17, 15) is 20.2 Å². The van der Waals surface area contributed by atoms with Crippen LogP contribution in [0.1, 0.15) is 11.1 Å². The van der Waals surface area contributed by atoms with Crippen LogP contribution in [0.4, 0.5) is 11.4 Å². The number of nitro benzene ring substituents is 2. The summed E-state index contributed by atoms with van der Waals surface area (Å²) in [6, 6.07) is 12.0. The summed E-state index contributed by atoms with van der Waals surface area (Å²) >= 11 is 0. The molecular formula is C14H9N2O4. The Kier molecular flexibility index (Phi) is 3.85. The van der Waals surface area contributed by atoms with Gasteiger partial charge in [-0.3, -0.25) is 20.2 Å². The molecule has 6 heteroatoms. The molecule has 0 amide bonds. The van der Waals surface area contributed by atoms with Crippen LogP contribution in [-0.4, -0.2) is 9.85 Å². The van der Waals surface area contributed by atoms with Gasteiger partial charge in [-0.1, -0.05) is 0 Å². The molecule has 0 aliphatic heterocycles. The molecular weight excluding hydrogens is 260 g/mol. The highest BCUT2D eigenvalue weighted by molar-refractivity contribution is 5.53. The Morgan fingerprint density at radius 2 is 1.25 bits per heavy atom. The first-order chi connectivity index (χ1) is 9.56. The van der Waals surface area contributed by atoms with E-state index in [4.69, 9.17) is 0 Å². The molecule has 0 bridgehead atoms. The quantitative estimate of drug-likeness (QED) is 0.483. The Hall–Kier alpha value is -3.02. The fourth-order valence-corrected chi connectivity index (χ4v) is 1.54. The fraction of sp³-hybridized carbons (Fsp3) is 0. The topological polar surface area (TPSA) is 86.3 Å². The smallest absolute Gasteiger partial charge is 0.258 e. The van der Waals surface area contributed by atoms with E-state index >= 15 is 0 Å². The summed E-state index contributed by atoms with van der Waals surface area (Å²) in [6.07, 6.45) is 4.62. The monoisotopic (exact) mass is 269 g/mol. The predicted octanol–water partition coefficient (Wildman–Crippen LogP) is 3.37. The Balaban J connectivity index is 2.12. The van der Waals surface area contributed by atoms with E-state index in [1.165, 1.54) is 24.3 Å². The number of non-ortho nitro benzene ring substituents is 2. The van der Waals surface area contributed by atoms with Crippen LogP contribution in [0.25, 0.3) is 6.08 Å². The summed E-state index contributed by atoms with van der Waals surface area (Å²) in [5, 5.41) is 21.0. The van der Waals surface area contributed by atoms with Gasteiger partial charge >= 0.3 is 0 Å². The minimum absolute atomic E-state index is 0.0193. The molecule has 0 N–H and O–H groups in total. The van der Waals surface area contributed by atoms with Gasteiger partial charge in [0.05, 0.1) is 9.85 Å². The number of nitrogens with zero attached hydrogens (tertiary/aromatic N) is 2. The Labute approximate surface area is 114 Å². The first-order valence-corrected chi connectivity index (χ1v) is 5.65. The summed E-state index contributed by atoms with van der Waals surface area (Å²) in [7, 11) is 0. The zero-order valence-corrected chi connectivity index (χ0v) is 10.2. The Morgan fingerprint density at radius 3 is 1.70 bits per heavy atom. The summed E-state index contributed by atoms with van der Waals surface area (Å²) in [6.45, 7) is 0. The number of hydrogen-bond acceptors (Lipinski definition) is 4. The molecule has 1 radical (unpaired) electrons. The van der Waals surface area contributed by atoms with Gasteiger partial charge in [0.15, 0.2) is 0 Å². The van der Waals surface area contributed by atoms with Gasteiger partial charge in [0.1, 0.15) is 0 Å². The molecule has 6 nitrogen and oxygen atoms in total. The van der Waals surface area contributed by atoms with Gasteiger partial charge in [-0.25, -0.2) is 0 Å². The molecule has 0 saturated heterocycles. The van der Waals surface area contributed by atoms with Crippen LogP contribution in [0, 0.1) is 26.3 Å². The van der Waals surface area contributed by atoms with E-state index < -0.39 is 9.85 Å². The Morgan fingerprint density at radius 1 is 0.800 bits per heavy atom. The van der Waals surface area contributed by atoms with Gasteiger partial charge in [0, 0.05) is 24.3 Å². The SMILES string of the molecule is O=[N+]([O-])c1ccc([C]=Cc2ccc([N+](=O)[O-])cc2)cc1. The molecule has 2 aromatic carbocycles. The van der Waals surface area contributed by atoms with E-state index in [-0.39, 0.29) is 11.4 Å². The van der Waals surface area contributed by atoms with Gasteiger partial charge in [-0.05, 0) is 47.5 Å². The average molecular weight is 269 g/mol. The van der Waals surface area contributed by atoms with Gasteiger partial charge in [0.2, 0.25) is 0 Å². The number of nitro groups is 2. The molecule has 0 atom stereocenters. The molecule has 0 saturated carbocycles. The van der Waals surface area contributed by atoms with Crippen molar-refractivity contribution in [2.24, 2.45) is 0 Å². The van der Waals surface area contributed by atoms with Crippen LogP contribution in [0.3, 0.4) is 0 Å². The van der Waals surface area contributed by atoms with Crippen molar-refractivity contribution in [3.63, 3.8) is 0 Å². The minimum Gasteiger partial charge on any atom is -0.258 e. The highest BCUT2D eigenvalue weighted by Crippen LogP contribution is 2.15. The standard InChI is InChI=1S/C14H9N2O4/c17-15(18)13-7-3-11(4-8-13)1-2-12-5-9-14(10-6-12)16(19)20/h1,3-10H. The maximum Gasteiger partial charge on any atom is 0.269 e. The van der Waals surface area contributed by atoms with Crippen molar-refractivity contribution in [3.05, 3.63) is 86.0 Å². The van der Waals surface area contributed by atoms with Crippen LogP contribution < -0.4 is 0 Å². The zero-order valence-electron chi connectivity index (χ0n) is 10.2. The van der Waals surface area contributed by atoms with Crippen molar-refractivity contribution in [3.8, 4) is 0 Å². The first-order valence-electron chi connectivity index (χ1n) is 5.65. The van der Waals surface area contributed by atoms with Crippen molar-refractivity contribution >= 4 is 17.5 Å².